The zero-order chi connectivity index (χ0) is 20.2. The number of carbonyl (C=O) groups is 1. The van der Waals surface area contributed by atoms with Crippen LogP contribution in [0, 0.1) is 0 Å². The van der Waals surface area contributed by atoms with Gasteiger partial charge in [-0.25, -0.2) is 0 Å². The third-order valence-corrected chi connectivity index (χ3v) is 5.13. The molecule has 5 heteroatoms. The summed E-state index contributed by atoms with van der Waals surface area (Å²) in [6, 6.07) is 22.9. The summed E-state index contributed by atoms with van der Waals surface area (Å²) >= 11 is 0. The maximum Gasteiger partial charge on any atom is 0.257 e. The van der Waals surface area contributed by atoms with Gasteiger partial charge in [0.1, 0.15) is 6.17 Å². The standard InChI is InChI=1S/C24H24N2O3/c1-2-29-21-14-8-12-19(22(21)27)23-25-20-13-7-6-11-18(20)24(28)26(23)16-15-17-9-4-3-5-10-17/h3-14,23,25,27H,2,15-16H2,1H3. The molecule has 1 amide bonds. The van der Waals surface area contributed by atoms with Gasteiger partial charge in [-0.05, 0) is 37.1 Å². The Bertz CT molecular complexity index is 1000. The second-order valence-electron chi connectivity index (χ2n) is 6.95. The van der Waals surface area contributed by atoms with Gasteiger partial charge in [0.15, 0.2) is 11.5 Å². The van der Waals surface area contributed by atoms with Crippen LogP contribution in [0.2, 0.25) is 0 Å². The number of para-hydroxylation sites is 2. The molecule has 0 radical (unpaired) electrons. The number of benzene rings is 3. The number of nitrogens with one attached hydrogen (secondary N) is 1. The molecule has 0 bridgehead atoms. The number of fused-ring (bicyclic) bond motifs is 1. The molecule has 29 heavy (non-hydrogen) atoms. The molecule has 0 fully saturated rings. The Morgan fingerprint density at radius 3 is 2.55 bits per heavy atom. The van der Waals surface area contributed by atoms with Crippen molar-refractivity contribution in [1.82, 2.24) is 4.90 Å². The molecule has 1 heterocycles. The Hall–Kier alpha value is -3.47. The molecule has 0 saturated carbocycles. The van der Waals surface area contributed by atoms with Crippen molar-refractivity contribution in [1.29, 1.82) is 0 Å². The van der Waals surface area contributed by atoms with Gasteiger partial charge in [-0.15, -0.1) is 0 Å². The summed E-state index contributed by atoms with van der Waals surface area (Å²) in [5, 5.41) is 14.2. The number of phenols is 1. The van der Waals surface area contributed by atoms with Gasteiger partial charge in [0.05, 0.1) is 12.2 Å². The van der Waals surface area contributed by atoms with Crippen LogP contribution in [0.5, 0.6) is 11.5 Å². The van der Waals surface area contributed by atoms with Crippen LogP contribution in [-0.2, 0) is 6.42 Å². The van der Waals surface area contributed by atoms with Gasteiger partial charge >= 0.3 is 0 Å². The Morgan fingerprint density at radius 1 is 1.00 bits per heavy atom. The first-order chi connectivity index (χ1) is 14.2. The number of nitrogens with zero attached hydrogens (tertiary/aromatic N) is 1. The van der Waals surface area contributed by atoms with Gasteiger partial charge < -0.3 is 20.1 Å². The maximum absolute atomic E-state index is 13.3. The fourth-order valence-corrected chi connectivity index (χ4v) is 3.70. The van der Waals surface area contributed by atoms with E-state index in [1.54, 1.807) is 11.0 Å². The van der Waals surface area contributed by atoms with E-state index < -0.39 is 6.17 Å². The summed E-state index contributed by atoms with van der Waals surface area (Å²) in [6.45, 7) is 2.85. The van der Waals surface area contributed by atoms with Crippen molar-refractivity contribution in [2.24, 2.45) is 0 Å². The van der Waals surface area contributed by atoms with Gasteiger partial charge in [-0.2, -0.15) is 0 Å². The Morgan fingerprint density at radius 2 is 1.76 bits per heavy atom. The monoisotopic (exact) mass is 388 g/mol. The number of amides is 1. The molecular formula is C24H24N2O3. The molecule has 148 valence electrons. The first kappa shape index (κ1) is 18.9. The highest BCUT2D eigenvalue weighted by Gasteiger charge is 2.34. The minimum atomic E-state index is -0.485. The zero-order valence-corrected chi connectivity index (χ0v) is 16.3. The van der Waals surface area contributed by atoms with Gasteiger partial charge in [-0.3, -0.25) is 4.79 Å². The summed E-state index contributed by atoms with van der Waals surface area (Å²) in [6.07, 6.45) is 0.236. The highest BCUT2D eigenvalue weighted by Crippen LogP contribution is 2.40. The first-order valence-electron chi connectivity index (χ1n) is 9.84. The molecule has 3 aromatic carbocycles. The molecule has 0 aromatic heterocycles. The van der Waals surface area contributed by atoms with Crippen LogP contribution >= 0.6 is 0 Å². The van der Waals surface area contributed by atoms with Crippen molar-refractivity contribution in [3.05, 3.63) is 89.5 Å². The molecule has 1 aliphatic heterocycles. The second kappa shape index (κ2) is 8.27. The summed E-state index contributed by atoms with van der Waals surface area (Å²) in [7, 11) is 0. The fraction of sp³-hybridized carbons (Fsp3) is 0.208. The number of anilines is 1. The summed E-state index contributed by atoms with van der Waals surface area (Å²) < 4.78 is 5.55. The van der Waals surface area contributed by atoms with Gasteiger partial charge in [0, 0.05) is 17.8 Å². The molecule has 0 saturated heterocycles. The predicted octanol–water partition coefficient (Wildman–Crippen LogP) is 4.60. The summed E-state index contributed by atoms with van der Waals surface area (Å²) in [5.41, 5.74) is 3.18. The van der Waals surface area contributed by atoms with Crippen LogP contribution in [0.25, 0.3) is 0 Å². The first-order valence-corrected chi connectivity index (χ1v) is 9.84. The minimum Gasteiger partial charge on any atom is -0.504 e. The normalized spacial score (nSPS) is 15.6. The van der Waals surface area contributed by atoms with E-state index in [1.165, 1.54) is 0 Å². The SMILES string of the molecule is CCOc1cccc(C2Nc3ccccc3C(=O)N2CCc2ccccc2)c1O. The molecule has 3 aromatic rings. The van der Waals surface area contributed by atoms with E-state index in [2.05, 4.69) is 17.4 Å². The number of ether oxygens (including phenoxy) is 1. The highest BCUT2D eigenvalue weighted by molar-refractivity contribution is 6.01. The molecule has 1 atom stereocenters. The highest BCUT2D eigenvalue weighted by atomic mass is 16.5. The summed E-state index contributed by atoms with van der Waals surface area (Å²) in [4.78, 5) is 15.1. The van der Waals surface area contributed by atoms with E-state index in [1.807, 2.05) is 61.5 Å². The van der Waals surface area contributed by atoms with E-state index >= 15 is 0 Å². The fourth-order valence-electron chi connectivity index (χ4n) is 3.70. The molecule has 4 rings (SSSR count). The lowest BCUT2D eigenvalue weighted by Gasteiger charge is -2.38. The third kappa shape index (κ3) is 3.76. The van der Waals surface area contributed by atoms with Crippen LogP contribution in [0.4, 0.5) is 5.69 Å². The smallest absolute Gasteiger partial charge is 0.257 e. The third-order valence-electron chi connectivity index (χ3n) is 5.13. The molecule has 1 unspecified atom stereocenters. The molecular weight excluding hydrogens is 364 g/mol. The van der Waals surface area contributed by atoms with E-state index in [9.17, 15) is 9.90 Å². The summed E-state index contributed by atoms with van der Waals surface area (Å²) in [5.74, 6) is 0.423. The molecule has 1 aliphatic rings. The Balaban J connectivity index is 1.71. The van der Waals surface area contributed by atoms with Gasteiger partial charge in [-0.1, -0.05) is 54.6 Å². The number of aromatic hydroxyl groups is 1. The van der Waals surface area contributed by atoms with Gasteiger partial charge in [0.2, 0.25) is 0 Å². The number of rotatable bonds is 6. The van der Waals surface area contributed by atoms with E-state index in [0.29, 0.717) is 30.0 Å². The molecule has 2 N–H and O–H groups in total. The Kier molecular flexibility index (Phi) is 5.38. The lowest BCUT2D eigenvalue weighted by molar-refractivity contribution is 0.0683. The molecule has 0 spiro atoms. The minimum absolute atomic E-state index is 0.0542. The topological polar surface area (TPSA) is 61.8 Å². The van der Waals surface area contributed by atoms with Crippen molar-refractivity contribution in [2.75, 3.05) is 18.5 Å². The van der Waals surface area contributed by atoms with E-state index in [-0.39, 0.29) is 11.7 Å². The van der Waals surface area contributed by atoms with E-state index in [0.717, 1.165) is 17.7 Å². The Labute approximate surface area is 170 Å². The average molecular weight is 388 g/mol. The van der Waals surface area contributed by atoms with Crippen LogP contribution in [0.3, 0.4) is 0 Å². The van der Waals surface area contributed by atoms with Gasteiger partial charge in [0.25, 0.3) is 5.91 Å². The predicted molar refractivity (Wildman–Crippen MR) is 113 cm³/mol. The van der Waals surface area contributed by atoms with Crippen LogP contribution in [0.15, 0.2) is 72.8 Å². The van der Waals surface area contributed by atoms with Crippen molar-refractivity contribution >= 4 is 11.6 Å². The number of hydrogen-bond donors (Lipinski definition) is 2. The molecule has 0 aliphatic carbocycles. The maximum atomic E-state index is 13.3. The second-order valence-corrected chi connectivity index (χ2v) is 6.95. The van der Waals surface area contributed by atoms with Crippen molar-refractivity contribution < 1.29 is 14.6 Å². The number of phenolic OH excluding ortho intramolecular Hbond substituents is 1. The van der Waals surface area contributed by atoms with E-state index in [4.69, 9.17) is 4.74 Å². The average Bonchev–Trinajstić information content (AvgIpc) is 2.75. The van der Waals surface area contributed by atoms with Crippen molar-refractivity contribution in [2.45, 2.75) is 19.5 Å². The largest absolute Gasteiger partial charge is 0.504 e. The zero-order valence-electron chi connectivity index (χ0n) is 16.3. The molecule has 5 nitrogen and oxygen atoms in total. The number of carbonyl (C=O) groups excluding carboxylic acids is 1. The lowest BCUT2D eigenvalue weighted by atomic mass is 10.0. The van der Waals surface area contributed by atoms with Crippen LogP contribution in [0.1, 0.15) is 34.6 Å². The van der Waals surface area contributed by atoms with Crippen molar-refractivity contribution in [3.63, 3.8) is 0 Å². The van der Waals surface area contributed by atoms with Crippen LogP contribution in [-0.4, -0.2) is 29.1 Å². The van der Waals surface area contributed by atoms with Crippen molar-refractivity contribution in [3.8, 4) is 11.5 Å². The number of hydrogen-bond acceptors (Lipinski definition) is 4. The van der Waals surface area contributed by atoms with Crippen LogP contribution < -0.4 is 10.1 Å². The quantitative estimate of drug-likeness (QED) is 0.648. The lowest BCUT2D eigenvalue weighted by Crippen LogP contribution is -2.44.